The van der Waals surface area contributed by atoms with E-state index in [1.807, 2.05) is 0 Å². The van der Waals surface area contributed by atoms with Gasteiger partial charge in [0.1, 0.15) is 0 Å². The van der Waals surface area contributed by atoms with Crippen molar-refractivity contribution in [2.75, 3.05) is 5.75 Å². The lowest BCUT2D eigenvalue weighted by Gasteiger charge is -2.33. The van der Waals surface area contributed by atoms with E-state index < -0.39 is 63.9 Å². The summed E-state index contributed by atoms with van der Waals surface area (Å²) in [6, 6.07) is 0. The van der Waals surface area contributed by atoms with E-state index in [0.717, 1.165) is 0 Å². The van der Waals surface area contributed by atoms with Crippen molar-refractivity contribution in [1.82, 2.24) is 0 Å². The van der Waals surface area contributed by atoms with E-state index in [1.165, 1.54) is 0 Å². The van der Waals surface area contributed by atoms with Gasteiger partial charge < -0.3 is 0 Å². The first-order chi connectivity index (χ1) is 10.1. The predicted molar refractivity (Wildman–Crippen MR) is 59.3 cm³/mol. The molecule has 0 aliphatic carbocycles. The Kier molecular flexibility index (Phi) is 6.50. The second kappa shape index (κ2) is 6.65. The van der Waals surface area contributed by atoms with Crippen molar-refractivity contribution in [3.8, 4) is 0 Å². The van der Waals surface area contributed by atoms with Gasteiger partial charge in [-0.25, -0.2) is 30.4 Å². The Balaban J connectivity index is 5.38. The van der Waals surface area contributed by atoms with E-state index in [1.54, 1.807) is 0 Å². The number of alkyl halides is 11. The lowest BCUT2D eigenvalue weighted by atomic mass is 9.92. The highest BCUT2D eigenvalue weighted by Crippen LogP contribution is 2.52. The van der Waals surface area contributed by atoms with Crippen molar-refractivity contribution < 1.29 is 56.7 Å². The molecule has 24 heavy (non-hydrogen) atoms. The minimum atomic E-state index is -6.83. The van der Waals surface area contributed by atoms with Gasteiger partial charge in [0.25, 0.3) is 11.8 Å². The molecule has 0 fully saturated rings. The van der Waals surface area contributed by atoms with E-state index in [2.05, 4.69) is 10.7 Å². The van der Waals surface area contributed by atoms with Crippen LogP contribution < -0.4 is 0 Å². The Morgan fingerprint density at radius 3 is 1.33 bits per heavy atom. The first kappa shape index (κ1) is 23.5. The molecular formula is C9H8ClF11O2S. The van der Waals surface area contributed by atoms with Gasteiger partial charge in [0, 0.05) is 17.1 Å². The summed E-state index contributed by atoms with van der Waals surface area (Å²) >= 11 is 0. The topological polar surface area (TPSA) is 34.1 Å². The number of hydrogen-bond acceptors (Lipinski definition) is 2. The van der Waals surface area contributed by atoms with Gasteiger partial charge in [0.15, 0.2) is 0 Å². The molecule has 2 nitrogen and oxygen atoms in total. The summed E-state index contributed by atoms with van der Waals surface area (Å²) in [5, 5.41) is 0. The summed E-state index contributed by atoms with van der Waals surface area (Å²) < 4.78 is 160. The van der Waals surface area contributed by atoms with Gasteiger partial charge in [0.05, 0.1) is 18.6 Å². The van der Waals surface area contributed by atoms with Crippen LogP contribution in [0.15, 0.2) is 0 Å². The molecule has 0 saturated heterocycles. The minimum Gasteiger partial charge on any atom is -0.223 e. The quantitative estimate of drug-likeness (QED) is 0.433. The van der Waals surface area contributed by atoms with Crippen molar-refractivity contribution in [2.24, 2.45) is 0 Å². The van der Waals surface area contributed by atoms with E-state index in [4.69, 9.17) is 0 Å². The molecule has 0 unspecified atom stereocenters. The maximum atomic E-state index is 13.2. The molecule has 0 saturated carbocycles. The van der Waals surface area contributed by atoms with Crippen molar-refractivity contribution in [2.45, 2.75) is 49.1 Å². The van der Waals surface area contributed by atoms with Crippen molar-refractivity contribution >= 4 is 19.7 Å². The summed E-state index contributed by atoms with van der Waals surface area (Å²) in [6.45, 7) is 0. The minimum absolute atomic E-state index is 1.57. The maximum Gasteiger partial charge on any atom is 0.431 e. The molecular weight excluding hydrogens is 417 g/mol. The molecule has 0 radical (unpaired) electrons. The third-order valence-corrected chi connectivity index (χ3v) is 3.78. The number of hydrogen-bond donors (Lipinski definition) is 0. The Labute approximate surface area is 132 Å². The van der Waals surface area contributed by atoms with Gasteiger partial charge in [-0.15, -0.1) is 0 Å². The Morgan fingerprint density at radius 1 is 0.667 bits per heavy atom. The average Bonchev–Trinajstić information content (AvgIpc) is 2.20. The third-order valence-electron chi connectivity index (χ3n) is 2.63. The molecule has 0 rings (SSSR count). The largest absolute Gasteiger partial charge is 0.431 e. The summed E-state index contributed by atoms with van der Waals surface area (Å²) in [5.74, 6) is -11.7. The van der Waals surface area contributed by atoms with E-state index in [9.17, 15) is 56.7 Å². The molecule has 146 valence electrons. The van der Waals surface area contributed by atoms with Crippen molar-refractivity contribution in [3.63, 3.8) is 0 Å². The van der Waals surface area contributed by atoms with E-state index in [-0.39, 0.29) is 0 Å². The highest BCUT2D eigenvalue weighted by molar-refractivity contribution is 8.13. The van der Waals surface area contributed by atoms with E-state index >= 15 is 0 Å². The zero-order valence-corrected chi connectivity index (χ0v) is 12.7. The zero-order valence-electron chi connectivity index (χ0n) is 11.1. The van der Waals surface area contributed by atoms with Gasteiger partial charge >= 0.3 is 18.0 Å². The fourth-order valence-electron chi connectivity index (χ4n) is 1.52. The second-order valence-electron chi connectivity index (χ2n) is 4.86. The summed E-state index contributed by atoms with van der Waals surface area (Å²) in [7, 11) is -0.0508. The second-order valence-corrected chi connectivity index (χ2v) is 7.75. The first-order valence-corrected chi connectivity index (χ1v) is 8.10. The van der Waals surface area contributed by atoms with Crippen molar-refractivity contribution in [1.29, 1.82) is 0 Å². The molecule has 0 spiro atoms. The Hall–Kier alpha value is -0.530. The zero-order chi connectivity index (χ0) is 19.8. The highest BCUT2D eigenvalue weighted by Gasteiger charge is 2.75. The Morgan fingerprint density at radius 2 is 1.04 bits per heavy atom. The van der Waals surface area contributed by atoms with Crippen LogP contribution >= 0.6 is 10.7 Å². The molecule has 0 bridgehead atoms. The lowest BCUT2D eigenvalue weighted by Crippen LogP contribution is -2.56. The lowest BCUT2D eigenvalue weighted by molar-refractivity contribution is -0.356. The summed E-state index contributed by atoms with van der Waals surface area (Å²) in [4.78, 5) is 0. The molecule has 0 aromatic rings. The smallest absolute Gasteiger partial charge is 0.223 e. The van der Waals surface area contributed by atoms with Gasteiger partial charge in [-0.05, 0) is 0 Å². The maximum absolute atomic E-state index is 13.2. The standard InChI is InChI=1S/C9H8ClF11O2S/c10-24(22,23)2-1-5(11,12)3-6(13,14)4-7(15,8(16,17)18)9(19,20)21/h1-4H2. The van der Waals surface area contributed by atoms with Gasteiger partial charge in [-0.2, -0.15) is 26.3 Å². The summed E-state index contributed by atoms with van der Waals surface area (Å²) in [6.07, 6.45) is -22.1. The van der Waals surface area contributed by atoms with Crippen LogP contribution in [0.4, 0.5) is 48.3 Å². The predicted octanol–water partition coefficient (Wildman–Crippen LogP) is 4.83. The normalized spacial score (nSPS) is 15.7. The molecule has 0 aromatic carbocycles. The van der Waals surface area contributed by atoms with Crippen LogP contribution in [0, 0.1) is 0 Å². The van der Waals surface area contributed by atoms with Crippen LogP contribution in [0.5, 0.6) is 0 Å². The molecule has 0 aliphatic heterocycles. The fourth-order valence-corrected chi connectivity index (χ4v) is 2.29. The molecule has 0 aliphatic rings. The Bertz CT molecular complexity index is 523. The molecule has 0 heterocycles. The first-order valence-electron chi connectivity index (χ1n) is 5.62. The molecule has 0 N–H and O–H groups in total. The van der Waals surface area contributed by atoms with Gasteiger partial charge in [-0.1, -0.05) is 0 Å². The SMILES string of the molecule is O=S(=O)(Cl)CCC(F)(F)CC(F)(F)CC(F)(C(F)(F)F)C(F)(F)F. The van der Waals surface area contributed by atoms with Crippen LogP contribution in [0.2, 0.25) is 0 Å². The third kappa shape index (κ3) is 6.76. The van der Waals surface area contributed by atoms with Crippen LogP contribution in [-0.4, -0.2) is 44.0 Å². The van der Waals surface area contributed by atoms with Crippen LogP contribution in [0.25, 0.3) is 0 Å². The molecule has 0 amide bonds. The number of halogens is 12. The number of rotatable bonds is 7. The fraction of sp³-hybridized carbons (Fsp3) is 1.00. The van der Waals surface area contributed by atoms with Crippen LogP contribution in [-0.2, 0) is 9.05 Å². The summed E-state index contributed by atoms with van der Waals surface area (Å²) in [5.41, 5.74) is -6.42. The average molecular weight is 425 g/mol. The van der Waals surface area contributed by atoms with Gasteiger partial charge in [-0.3, -0.25) is 0 Å². The molecule has 0 aromatic heterocycles. The van der Waals surface area contributed by atoms with Crippen LogP contribution in [0.1, 0.15) is 19.3 Å². The van der Waals surface area contributed by atoms with Crippen LogP contribution in [0.3, 0.4) is 0 Å². The van der Waals surface area contributed by atoms with Gasteiger partial charge in [0.2, 0.25) is 9.05 Å². The molecule has 0 atom stereocenters. The van der Waals surface area contributed by atoms with Crippen molar-refractivity contribution in [3.05, 3.63) is 0 Å². The molecule has 15 heteroatoms. The van der Waals surface area contributed by atoms with E-state index in [0.29, 0.717) is 0 Å². The highest BCUT2D eigenvalue weighted by atomic mass is 35.7. The monoisotopic (exact) mass is 424 g/mol.